The third-order valence-electron chi connectivity index (χ3n) is 3.54. The highest BCUT2D eigenvalue weighted by atomic mass is 35.5. The predicted molar refractivity (Wildman–Crippen MR) is 89.5 cm³/mol. The normalized spacial score (nSPS) is 10.8. The molecule has 6 nitrogen and oxygen atoms in total. The molecule has 3 aromatic rings. The van der Waals surface area contributed by atoms with Gasteiger partial charge in [0.2, 0.25) is 0 Å². The maximum Gasteiger partial charge on any atom is 0.345 e. The van der Waals surface area contributed by atoms with E-state index in [9.17, 15) is 4.79 Å². The molecule has 0 amide bonds. The van der Waals surface area contributed by atoms with Gasteiger partial charge in [0.1, 0.15) is 23.5 Å². The van der Waals surface area contributed by atoms with Crippen molar-refractivity contribution in [1.82, 2.24) is 14.6 Å². The molecule has 0 atom stereocenters. The van der Waals surface area contributed by atoms with E-state index in [4.69, 9.17) is 21.1 Å². The van der Waals surface area contributed by atoms with Crippen LogP contribution in [0.2, 0.25) is 5.02 Å². The second kappa shape index (κ2) is 6.88. The zero-order chi connectivity index (χ0) is 17.1. The lowest BCUT2D eigenvalue weighted by molar-refractivity contribution is 0.0523. The number of esters is 1. The minimum atomic E-state index is -0.541. The van der Waals surface area contributed by atoms with Crippen molar-refractivity contribution in [3.05, 3.63) is 58.5 Å². The van der Waals surface area contributed by atoms with Crippen LogP contribution < -0.4 is 4.74 Å². The highest BCUT2D eigenvalue weighted by Gasteiger charge is 2.25. The Hall–Kier alpha value is -2.60. The second-order valence-electron chi connectivity index (χ2n) is 5.09. The fourth-order valence-corrected chi connectivity index (χ4v) is 2.61. The molecular formula is C17H16ClN3O3. The first kappa shape index (κ1) is 16.3. The van der Waals surface area contributed by atoms with E-state index in [1.807, 2.05) is 30.3 Å². The molecular weight excluding hydrogens is 330 g/mol. The third-order valence-corrected chi connectivity index (χ3v) is 3.98. The molecule has 124 valence electrons. The van der Waals surface area contributed by atoms with Gasteiger partial charge in [-0.1, -0.05) is 41.9 Å². The maximum atomic E-state index is 12.4. The van der Waals surface area contributed by atoms with E-state index in [0.717, 1.165) is 5.56 Å². The molecule has 2 heterocycles. The van der Waals surface area contributed by atoms with Gasteiger partial charge in [0.25, 0.3) is 0 Å². The van der Waals surface area contributed by atoms with Crippen molar-refractivity contribution >= 4 is 23.2 Å². The summed E-state index contributed by atoms with van der Waals surface area (Å²) in [5, 5.41) is 4.41. The van der Waals surface area contributed by atoms with Gasteiger partial charge in [-0.15, -0.1) is 0 Å². The molecule has 0 aliphatic carbocycles. The molecule has 0 unspecified atom stereocenters. The number of hydrogen-bond donors (Lipinski definition) is 0. The summed E-state index contributed by atoms with van der Waals surface area (Å²) >= 11 is 6.42. The van der Waals surface area contributed by atoms with E-state index in [1.165, 1.54) is 10.8 Å². The third kappa shape index (κ3) is 2.92. The van der Waals surface area contributed by atoms with Crippen molar-refractivity contribution in [2.45, 2.75) is 20.5 Å². The Morgan fingerprint density at radius 1 is 1.29 bits per heavy atom. The van der Waals surface area contributed by atoms with E-state index >= 15 is 0 Å². The van der Waals surface area contributed by atoms with Crippen molar-refractivity contribution < 1.29 is 14.3 Å². The van der Waals surface area contributed by atoms with Crippen LogP contribution in [0, 0.1) is 6.92 Å². The van der Waals surface area contributed by atoms with Crippen LogP contribution >= 0.6 is 11.6 Å². The molecule has 0 saturated carbocycles. The molecule has 0 fully saturated rings. The number of ether oxygens (including phenoxy) is 2. The number of fused-ring (bicyclic) bond motifs is 1. The molecule has 7 heteroatoms. The van der Waals surface area contributed by atoms with Crippen LogP contribution in [0.4, 0.5) is 0 Å². The zero-order valence-electron chi connectivity index (χ0n) is 13.3. The van der Waals surface area contributed by atoms with Gasteiger partial charge in [0, 0.05) is 0 Å². The number of nitrogens with zero attached hydrogens (tertiary/aromatic N) is 3. The Balaban J connectivity index is 2.08. The number of rotatable bonds is 5. The molecule has 0 saturated heterocycles. The predicted octanol–water partition coefficient (Wildman–Crippen LogP) is 3.45. The molecule has 2 aromatic heterocycles. The number of aromatic nitrogens is 3. The molecule has 0 bridgehead atoms. The average Bonchev–Trinajstić information content (AvgIpc) is 3.07. The van der Waals surface area contributed by atoms with Gasteiger partial charge < -0.3 is 9.47 Å². The lowest BCUT2D eigenvalue weighted by atomic mass is 10.2. The SMILES string of the molecule is CCOC(=O)c1c(OCc2ccccc2)c(Cl)c(C)n2ncnc12. The summed E-state index contributed by atoms with van der Waals surface area (Å²) in [7, 11) is 0. The number of hydrogen-bond acceptors (Lipinski definition) is 5. The summed E-state index contributed by atoms with van der Waals surface area (Å²) in [6.45, 7) is 4.03. The Kier molecular flexibility index (Phi) is 4.66. The second-order valence-corrected chi connectivity index (χ2v) is 5.47. The Bertz CT molecular complexity index is 878. The van der Waals surface area contributed by atoms with Gasteiger partial charge in [0.15, 0.2) is 11.4 Å². The van der Waals surface area contributed by atoms with Gasteiger partial charge in [-0.3, -0.25) is 0 Å². The highest BCUT2D eigenvalue weighted by molar-refractivity contribution is 6.33. The zero-order valence-corrected chi connectivity index (χ0v) is 14.1. The number of carbonyl (C=O) groups excluding carboxylic acids is 1. The minimum absolute atomic E-state index is 0.181. The number of pyridine rings is 1. The van der Waals surface area contributed by atoms with Gasteiger partial charge in [-0.2, -0.15) is 5.10 Å². The molecule has 0 N–H and O–H groups in total. The Morgan fingerprint density at radius 3 is 2.75 bits per heavy atom. The monoisotopic (exact) mass is 345 g/mol. The summed E-state index contributed by atoms with van der Waals surface area (Å²) in [5.74, 6) is -0.280. The first-order valence-corrected chi connectivity index (χ1v) is 7.87. The highest BCUT2D eigenvalue weighted by Crippen LogP contribution is 2.35. The molecule has 0 aliphatic rings. The summed E-state index contributed by atoms with van der Waals surface area (Å²) in [4.78, 5) is 16.6. The van der Waals surface area contributed by atoms with E-state index in [0.29, 0.717) is 16.4 Å². The minimum Gasteiger partial charge on any atom is -0.486 e. The van der Waals surface area contributed by atoms with Gasteiger partial charge >= 0.3 is 5.97 Å². The van der Waals surface area contributed by atoms with Crippen LogP contribution in [-0.2, 0) is 11.3 Å². The first-order chi connectivity index (χ1) is 11.6. The van der Waals surface area contributed by atoms with Crippen molar-refractivity contribution in [1.29, 1.82) is 0 Å². The molecule has 0 radical (unpaired) electrons. The number of aryl methyl sites for hydroxylation is 1. The lowest BCUT2D eigenvalue weighted by Gasteiger charge is -2.15. The number of benzene rings is 1. The van der Waals surface area contributed by atoms with Gasteiger partial charge in [-0.25, -0.2) is 14.3 Å². The van der Waals surface area contributed by atoms with Gasteiger partial charge in [0.05, 0.1) is 12.3 Å². The van der Waals surface area contributed by atoms with E-state index in [2.05, 4.69) is 10.1 Å². The molecule has 24 heavy (non-hydrogen) atoms. The summed E-state index contributed by atoms with van der Waals surface area (Å²) in [5.41, 5.74) is 2.14. The summed E-state index contributed by atoms with van der Waals surface area (Å²) < 4.78 is 12.5. The molecule has 1 aromatic carbocycles. The summed E-state index contributed by atoms with van der Waals surface area (Å²) in [6, 6.07) is 9.62. The number of carbonyl (C=O) groups is 1. The van der Waals surface area contributed by atoms with Crippen LogP contribution in [0.15, 0.2) is 36.7 Å². The van der Waals surface area contributed by atoms with Crippen LogP contribution in [0.1, 0.15) is 28.5 Å². The molecule has 0 aliphatic heterocycles. The topological polar surface area (TPSA) is 65.7 Å². The number of halogens is 1. The molecule has 0 spiro atoms. The lowest BCUT2D eigenvalue weighted by Crippen LogP contribution is -2.13. The molecule has 3 rings (SSSR count). The van der Waals surface area contributed by atoms with E-state index in [1.54, 1.807) is 13.8 Å². The van der Waals surface area contributed by atoms with E-state index in [-0.39, 0.29) is 24.5 Å². The fourth-order valence-electron chi connectivity index (χ4n) is 2.38. The first-order valence-electron chi connectivity index (χ1n) is 7.49. The van der Waals surface area contributed by atoms with Crippen molar-refractivity contribution in [3.63, 3.8) is 0 Å². The van der Waals surface area contributed by atoms with Crippen molar-refractivity contribution in [2.24, 2.45) is 0 Å². The standard InChI is InChI=1S/C17H16ClN3O3/c1-3-23-17(22)13-15(24-9-12-7-5-4-6-8-12)14(18)11(2)21-16(13)19-10-20-21/h4-8,10H,3,9H2,1-2H3. The van der Waals surface area contributed by atoms with Crippen molar-refractivity contribution in [3.8, 4) is 5.75 Å². The fraction of sp³-hybridized carbons (Fsp3) is 0.235. The van der Waals surface area contributed by atoms with Crippen LogP contribution in [-0.4, -0.2) is 27.2 Å². The average molecular weight is 346 g/mol. The van der Waals surface area contributed by atoms with Crippen molar-refractivity contribution in [2.75, 3.05) is 6.61 Å². The van der Waals surface area contributed by atoms with Crippen LogP contribution in [0.3, 0.4) is 0 Å². The van der Waals surface area contributed by atoms with E-state index < -0.39 is 5.97 Å². The maximum absolute atomic E-state index is 12.4. The van der Waals surface area contributed by atoms with Gasteiger partial charge in [-0.05, 0) is 19.4 Å². The quantitative estimate of drug-likeness (QED) is 0.663. The smallest absolute Gasteiger partial charge is 0.345 e. The largest absolute Gasteiger partial charge is 0.486 e. The summed E-state index contributed by atoms with van der Waals surface area (Å²) in [6.07, 6.45) is 1.36. The Morgan fingerprint density at radius 2 is 2.04 bits per heavy atom. The van der Waals surface area contributed by atoms with Crippen LogP contribution in [0.25, 0.3) is 5.65 Å². The van der Waals surface area contributed by atoms with Crippen LogP contribution in [0.5, 0.6) is 5.75 Å². The Labute approximate surface area is 144 Å².